The maximum atomic E-state index is 8.98. The second-order valence-electron chi connectivity index (χ2n) is 6.15. The quantitative estimate of drug-likeness (QED) is 0.502. The minimum absolute atomic E-state index is 0.466. The van der Waals surface area contributed by atoms with E-state index < -0.39 is 0 Å². The number of hydrogen-bond donors (Lipinski definition) is 0. The van der Waals surface area contributed by atoms with Gasteiger partial charge in [0.25, 0.3) is 0 Å². The number of nitriles is 1. The Kier molecular flexibility index (Phi) is 6.85. The Bertz CT molecular complexity index is 871. The van der Waals surface area contributed by atoms with Crippen LogP contribution in [0.5, 0.6) is 11.5 Å². The highest BCUT2D eigenvalue weighted by atomic mass is 16.5. The maximum absolute atomic E-state index is 8.98. The molecule has 1 heterocycles. The summed E-state index contributed by atoms with van der Waals surface area (Å²) in [4.78, 5) is 0. The van der Waals surface area contributed by atoms with Crippen LogP contribution in [0, 0.1) is 11.3 Å². The molecule has 0 aliphatic rings. The second-order valence-corrected chi connectivity index (χ2v) is 6.15. The first-order valence-corrected chi connectivity index (χ1v) is 9.28. The fourth-order valence-electron chi connectivity index (χ4n) is 2.62. The van der Waals surface area contributed by atoms with Crippen molar-refractivity contribution in [1.82, 2.24) is 14.9 Å². The third-order valence-corrected chi connectivity index (χ3v) is 4.14. The highest BCUT2D eigenvalue weighted by molar-refractivity contribution is 5.49. The SMILES string of the molecule is CCCCOc1ccc(OCCN(c2ccc(C#N)cc2)n2cnnc2)cc1. The van der Waals surface area contributed by atoms with Crippen LogP contribution in [0.25, 0.3) is 0 Å². The minimum atomic E-state index is 0.466. The molecule has 0 bridgehead atoms. The van der Waals surface area contributed by atoms with Crippen molar-refractivity contribution in [1.29, 1.82) is 5.26 Å². The van der Waals surface area contributed by atoms with Gasteiger partial charge in [-0.25, -0.2) is 4.68 Å². The van der Waals surface area contributed by atoms with Gasteiger partial charge in [-0.1, -0.05) is 13.3 Å². The van der Waals surface area contributed by atoms with Gasteiger partial charge in [-0.05, 0) is 55.0 Å². The first-order valence-electron chi connectivity index (χ1n) is 9.28. The molecule has 0 saturated heterocycles. The average molecular weight is 377 g/mol. The van der Waals surface area contributed by atoms with Crippen LogP contribution in [0.15, 0.2) is 61.2 Å². The number of unbranched alkanes of at least 4 members (excludes halogenated alkanes) is 1. The highest BCUT2D eigenvalue weighted by Gasteiger charge is 2.09. The molecule has 7 heteroatoms. The van der Waals surface area contributed by atoms with Crippen LogP contribution in [-0.2, 0) is 0 Å². The topological polar surface area (TPSA) is 76.2 Å². The highest BCUT2D eigenvalue weighted by Crippen LogP contribution is 2.19. The predicted molar refractivity (Wildman–Crippen MR) is 106 cm³/mol. The smallest absolute Gasteiger partial charge is 0.139 e. The largest absolute Gasteiger partial charge is 0.494 e. The Morgan fingerprint density at radius 3 is 2.11 bits per heavy atom. The van der Waals surface area contributed by atoms with Crippen molar-refractivity contribution in [2.75, 3.05) is 24.8 Å². The molecule has 0 saturated carbocycles. The van der Waals surface area contributed by atoms with E-state index >= 15 is 0 Å². The maximum Gasteiger partial charge on any atom is 0.139 e. The molecule has 0 spiro atoms. The predicted octanol–water partition coefficient (Wildman–Crippen LogP) is 3.68. The van der Waals surface area contributed by atoms with Gasteiger partial charge in [0.05, 0.1) is 30.5 Å². The van der Waals surface area contributed by atoms with Crippen molar-refractivity contribution in [3.05, 3.63) is 66.7 Å². The third kappa shape index (κ3) is 5.24. The molecule has 1 aromatic heterocycles. The van der Waals surface area contributed by atoms with Gasteiger partial charge < -0.3 is 9.47 Å². The van der Waals surface area contributed by atoms with Gasteiger partial charge in [0.2, 0.25) is 0 Å². The van der Waals surface area contributed by atoms with Crippen molar-refractivity contribution in [3.8, 4) is 17.6 Å². The minimum Gasteiger partial charge on any atom is -0.494 e. The molecule has 0 aliphatic carbocycles. The molecular weight excluding hydrogens is 354 g/mol. The summed E-state index contributed by atoms with van der Waals surface area (Å²) in [6.45, 7) is 3.92. The standard InChI is InChI=1S/C21H23N5O2/c1-2-3-13-27-20-8-10-21(11-9-20)28-14-12-26(25-16-23-24-17-25)19-6-4-18(15-22)5-7-19/h4-11,16-17H,2-3,12-14H2,1H3. The normalized spacial score (nSPS) is 10.3. The van der Waals surface area contributed by atoms with E-state index in [0.717, 1.165) is 36.6 Å². The summed E-state index contributed by atoms with van der Waals surface area (Å²) in [6.07, 6.45) is 5.41. The monoisotopic (exact) mass is 377 g/mol. The molecule has 3 aromatic rings. The lowest BCUT2D eigenvalue weighted by atomic mass is 10.2. The number of aromatic nitrogens is 3. The molecule has 7 nitrogen and oxygen atoms in total. The number of anilines is 1. The molecule has 2 aromatic carbocycles. The Hall–Kier alpha value is -3.53. The first-order chi connectivity index (χ1) is 13.8. The zero-order valence-corrected chi connectivity index (χ0v) is 15.9. The fraction of sp³-hybridized carbons (Fsp3) is 0.286. The van der Waals surface area contributed by atoms with Gasteiger partial charge in [-0.15, -0.1) is 10.2 Å². The van der Waals surface area contributed by atoms with Crippen LogP contribution in [0.4, 0.5) is 5.69 Å². The van der Waals surface area contributed by atoms with Gasteiger partial charge in [0, 0.05) is 0 Å². The number of ether oxygens (including phenoxy) is 2. The molecular formula is C21H23N5O2. The molecule has 144 valence electrons. The van der Waals surface area contributed by atoms with Crippen molar-refractivity contribution >= 4 is 5.69 Å². The molecule has 28 heavy (non-hydrogen) atoms. The summed E-state index contributed by atoms with van der Waals surface area (Å²) < 4.78 is 13.3. The number of rotatable bonds is 10. The second kappa shape index (κ2) is 9.97. The van der Waals surface area contributed by atoms with E-state index in [-0.39, 0.29) is 0 Å². The lowest BCUT2D eigenvalue weighted by Crippen LogP contribution is -2.32. The number of benzene rings is 2. The third-order valence-electron chi connectivity index (χ3n) is 4.14. The van der Waals surface area contributed by atoms with E-state index in [0.29, 0.717) is 18.7 Å². The molecule has 3 rings (SSSR count). The van der Waals surface area contributed by atoms with E-state index in [1.165, 1.54) is 0 Å². The number of nitrogens with zero attached hydrogens (tertiary/aromatic N) is 5. The van der Waals surface area contributed by atoms with Crippen molar-refractivity contribution < 1.29 is 9.47 Å². The Balaban J connectivity index is 1.59. The van der Waals surface area contributed by atoms with Crippen LogP contribution in [0.1, 0.15) is 25.3 Å². The van der Waals surface area contributed by atoms with Crippen LogP contribution in [0.2, 0.25) is 0 Å². The molecule has 0 unspecified atom stereocenters. The van der Waals surface area contributed by atoms with Gasteiger partial charge in [0.1, 0.15) is 30.8 Å². The zero-order valence-electron chi connectivity index (χ0n) is 15.9. The van der Waals surface area contributed by atoms with Crippen molar-refractivity contribution in [2.24, 2.45) is 0 Å². The summed E-state index contributed by atoms with van der Waals surface area (Å²) >= 11 is 0. The Morgan fingerprint density at radius 2 is 1.54 bits per heavy atom. The summed E-state index contributed by atoms with van der Waals surface area (Å²) in [5.74, 6) is 1.64. The fourth-order valence-corrected chi connectivity index (χ4v) is 2.62. The molecule has 0 aliphatic heterocycles. The lowest BCUT2D eigenvalue weighted by Gasteiger charge is -2.24. The molecule has 0 fully saturated rings. The molecule has 0 amide bonds. The summed E-state index contributed by atoms with van der Waals surface area (Å²) in [5.41, 5.74) is 1.53. The van der Waals surface area contributed by atoms with E-state index in [4.69, 9.17) is 14.7 Å². The zero-order chi connectivity index (χ0) is 19.6. The van der Waals surface area contributed by atoms with E-state index in [9.17, 15) is 0 Å². The van der Waals surface area contributed by atoms with E-state index in [1.807, 2.05) is 41.4 Å². The van der Waals surface area contributed by atoms with Gasteiger partial charge >= 0.3 is 0 Å². The van der Waals surface area contributed by atoms with Crippen LogP contribution in [0.3, 0.4) is 0 Å². The van der Waals surface area contributed by atoms with Gasteiger partial charge in [-0.3, -0.25) is 5.01 Å². The Labute approximate surface area is 164 Å². The van der Waals surface area contributed by atoms with Crippen molar-refractivity contribution in [3.63, 3.8) is 0 Å². The van der Waals surface area contributed by atoms with E-state index in [2.05, 4.69) is 23.2 Å². The number of hydrogen-bond acceptors (Lipinski definition) is 6. The van der Waals surface area contributed by atoms with Gasteiger partial charge in [-0.2, -0.15) is 5.26 Å². The molecule has 0 atom stereocenters. The van der Waals surface area contributed by atoms with Crippen molar-refractivity contribution in [2.45, 2.75) is 19.8 Å². The summed E-state index contributed by atoms with van der Waals surface area (Å²) in [6, 6.07) is 17.1. The molecule has 0 N–H and O–H groups in total. The summed E-state index contributed by atoms with van der Waals surface area (Å²) in [7, 11) is 0. The lowest BCUT2D eigenvalue weighted by molar-refractivity contribution is 0.304. The molecule has 0 radical (unpaired) electrons. The van der Waals surface area contributed by atoms with Crippen LogP contribution in [-0.4, -0.2) is 34.6 Å². The van der Waals surface area contributed by atoms with Gasteiger partial charge in [0.15, 0.2) is 0 Å². The first kappa shape index (κ1) is 19.2. The average Bonchev–Trinajstić information content (AvgIpc) is 3.27. The van der Waals surface area contributed by atoms with Crippen LogP contribution >= 0.6 is 0 Å². The van der Waals surface area contributed by atoms with E-state index in [1.54, 1.807) is 29.5 Å². The Morgan fingerprint density at radius 1 is 0.929 bits per heavy atom. The van der Waals surface area contributed by atoms with Crippen LogP contribution < -0.4 is 14.5 Å². The summed E-state index contributed by atoms with van der Waals surface area (Å²) in [5, 5.41) is 18.7.